The summed E-state index contributed by atoms with van der Waals surface area (Å²) < 4.78 is 0. The van der Waals surface area contributed by atoms with Gasteiger partial charge in [-0.05, 0) is 36.8 Å². The van der Waals surface area contributed by atoms with Crippen molar-refractivity contribution >= 4 is 35.0 Å². The molecule has 0 spiro atoms. The molecule has 5 heteroatoms. The number of aromatic nitrogens is 1. The van der Waals surface area contributed by atoms with Crippen molar-refractivity contribution in [2.75, 3.05) is 0 Å². The average Bonchev–Trinajstić information content (AvgIpc) is 2.48. The second-order valence-corrected chi connectivity index (χ2v) is 6.47. The van der Waals surface area contributed by atoms with Crippen LogP contribution in [-0.2, 0) is 0 Å². The van der Waals surface area contributed by atoms with Crippen LogP contribution in [0, 0.1) is 0 Å². The van der Waals surface area contributed by atoms with Crippen LogP contribution >= 0.6 is 35.0 Å². The van der Waals surface area contributed by atoms with Gasteiger partial charge in [0, 0.05) is 17.1 Å². The molecule has 2 atom stereocenters. The molecule has 20 heavy (non-hydrogen) atoms. The van der Waals surface area contributed by atoms with Crippen LogP contribution in [0.15, 0.2) is 47.5 Å². The Balaban J connectivity index is 2.26. The second-order valence-electron chi connectivity index (χ2n) is 4.44. The lowest BCUT2D eigenvalue weighted by Crippen LogP contribution is -2.26. The fraction of sp³-hybridized carbons (Fsp3) is 0.267. The van der Waals surface area contributed by atoms with E-state index in [-0.39, 0.29) is 11.3 Å². The molecule has 0 fully saturated rings. The summed E-state index contributed by atoms with van der Waals surface area (Å²) in [6.07, 6.45) is 2.68. The summed E-state index contributed by atoms with van der Waals surface area (Å²) in [5.74, 6) is 0. The summed E-state index contributed by atoms with van der Waals surface area (Å²) in [4.78, 5) is 5.47. The summed E-state index contributed by atoms with van der Waals surface area (Å²) in [5, 5.41) is 1.21. The van der Waals surface area contributed by atoms with Gasteiger partial charge in [-0.3, -0.25) is 4.98 Å². The smallest absolute Gasteiger partial charge is 0.0668 e. The van der Waals surface area contributed by atoms with Gasteiger partial charge >= 0.3 is 0 Å². The molecule has 0 amide bonds. The molecule has 0 saturated heterocycles. The number of benzene rings is 1. The van der Waals surface area contributed by atoms with Gasteiger partial charge in [0.15, 0.2) is 0 Å². The first-order valence-corrected chi connectivity index (χ1v) is 8.03. The third-order valence-corrected chi connectivity index (χ3v) is 5.10. The van der Waals surface area contributed by atoms with Crippen molar-refractivity contribution in [2.45, 2.75) is 29.5 Å². The van der Waals surface area contributed by atoms with Gasteiger partial charge < -0.3 is 5.73 Å². The van der Waals surface area contributed by atoms with Crippen LogP contribution in [0.5, 0.6) is 0 Å². The number of hydrogen-bond donors (Lipinski definition) is 1. The highest BCUT2D eigenvalue weighted by molar-refractivity contribution is 7.99. The van der Waals surface area contributed by atoms with Gasteiger partial charge in [0.25, 0.3) is 0 Å². The summed E-state index contributed by atoms with van der Waals surface area (Å²) in [6, 6.07) is 11.5. The van der Waals surface area contributed by atoms with E-state index < -0.39 is 0 Å². The zero-order chi connectivity index (χ0) is 14.5. The van der Waals surface area contributed by atoms with Crippen molar-refractivity contribution in [1.82, 2.24) is 4.98 Å². The number of nitrogens with two attached hydrogens (primary N) is 1. The van der Waals surface area contributed by atoms with E-state index in [1.54, 1.807) is 24.0 Å². The molecule has 1 aromatic heterocycles. The van der Waals surface area contributed by atoms with Crippen molar-refractivity contribution in [1.29, 1.82) is 0 Å². The van der Waals surface area contributed by atoms with Crippen molar-refractivity contribution < 1.29 is 0 Å². The average molecular weight is 327 g/mol. The SMILES string of the molecule is CCC(N)C(Sc1ccc(Cl)c(Cl)c1)c1ccccn1. The van der Waals surface area contributed by atoms with Gasteiger partial charge in [-0.15, -0.1) is 11.8 Å². The molecule has 106 valence electrons. The molecule has 2 unspecified atom stereocenters. The number of nitrogens with zero attached hydrogens (tertiary/aromatic N) is 1. The molecule has 2 N–H and O–H groups in total. The fourth-order valence-corrected chi connectivity index (χ4v) is 3.44. The van der Waals surface area contributed by atoms with Gasteiger partial charge in [0.05, 0.1) is 21.0 Å². The molecule has 2 nitrogen and oxygen atoms in total. The lowest BCUT2D eigenvalue weighted by Gasteiger charge is -2.22. The first-order valence-electron chi connectivity index (χ1n) is 6.40. The quantitative estimate of drug-likeness (QED) is 0.789. The molecule has 1 heterocycles. The van der Waals surface area contributed by atoms with Crippen LogP contribution in [0.1, 0.15) is 24.3 Å². The third kappa shape index (κ3) is 3.89. The van der Waals surface area contributed by atoms with E-state index >= 15 is 0 Å². The van der Waals surface area contributed by atoms with Gasteiger partial charge in [0.1, 0.15) is 0 Å². The minimum absolute atomic E-state index is 0.0318. The van der Waals surface area contributed by atoms with Crippen LogP contribution in [0.2, 0.25) is 10.0 Å². The third-order valence-electron chi connectivity index (χ3n) is 2.99. The fourth-order valence-electron chi connectivity index (χ4n) is 1.82. The number of pyridine rings is 1. The van der Waals surface area contributed by atoms with Crippen molar-refractivity contribution in [2.24, 2.45) is 5.73 Å². The summed E-state index contributed by atoms with van der Waals surface area (Å²) in [6.45, 7) is 2.08. The molecule has 0 aliphatic rings. The topological polar surface area (TPSA) is 38.9 Å². The highest BCUT2D eigenvalue weighted by Gasteiger charge is 2.21. The van der Waals surface area contributed by atoms with Gasteiger partial charge in [-0.1, -0.05) is 36.2 Å². The van der Waals surface area contributed by atoms with Crippen LogP contribution in [0.4, 0.5) is 0 Å². The van der Waals surface area contributed by atoms with E-state index in [9.17, 15) is 0 Å². The Bertz CT molecular complexity index is 563. The van der Waals surface area contributed by atoms with Crippen molar-refractivity contribution in [3.8, 4) is 0 Å². The Morgan fingerprint density at radius 2 is 2.00 bits per heavy atom. The maximum atomic E-state index is 6.25. The van der Waals surface area contributed by atoms with E-state index in [4.69, 9.17) is 28.9 Å². The maximum absolute atomic E-state index is 6.25. The predicted octanol–water partition coefficient (Wildman–Crippen LogP) is 4.96. The Kier molecular flexibility index (Phi) is 5.73. The normalized spacial score (nSPS) is 14.0. The number of halogens is 2. The zero-order valence-electron chi connectivity index (χ0n) is 11.1. The molecule has 0 aliphatic heterocycles. The van der Waals surface area contributed by atoms with Crippen LogP contribution in [0.3, 0.4) is 0 Å². The Hall–Kier alpha value is -0.740. The first kappa shape index (κ1) is 15.6. The van der Waals surface area contributed by atoms with E-state index in [2.05, 4.69) is 11.9 Å². The molecule has 1 aromatic carbocycles. The van der Waals surface area contributed by atoms with Crippen molar-refractivity contribution in [3.63, 3.8) is 0 Å². The highest BCUT2D eigenvalue weighted by Crippen LogP contribution is 2.39. The number of rotatable bonds is 5. The Morgan fingerprint density at radius 1 is 1.20 bits per heavy atom. The minimum Gasteiger partial charge on any atom is -0.326 e. The monoisotopic (exact) mass is 326 g/mol. The highest BCUT2D eigenvalue weighted by atomic mass is 35.5. The van der Waals surface area contributed by atoms with E-state index in [0.29, 0.717) is 10.0 Å². The lowest BCUT2D eigenvalue weighted by atomic mass is 10.1. The second kappa shape index (κ2) is 7.32. The van der Waals surface area contributed by atoms with Gasteiger partial charge in [-0.25, -0.2) is 0 Å². The lowest BCUT2D eigenvalue weighted by molar-refractivity contribution is 0.624. The van der Waals surface area contributed by atoms with Crippen LogP contribution in [-0.4, -0.2) is 11.0 Å². The van der Waals surface area contributed by atoms with E-state index in [0.717, 1.165) is 17.0 Å². The zero-order valence-corrected chi connectivity index (χ0v) is 13.4. The largest absolute Gasteiger partial charge is 0.326 e. The summed E-state index contributed by atoms with van der Waals surface area (Å²) in [7, 11) is 0. The van der Waals surface area contributed by atoms with Crippen molar-refractivity contribution in [3.05, 3.63) is 58.3 Å². The van der Waals surface area contributed by atoms with E-state index in [1.165, 1.54) is 0 Å². The standard InChI is InChI=1S/C15H16Cl2N2S/c1-2-13(18)15(14-5-3-4-8-19-14)20-10-6-7-11(16)12(17)9-10/h3-9,13,15H,2,18H2,1H3. The molecular formula is C15H16Cl2N2S. The van der Waals surface area contributed by atoms with E-state index in [1.807, 2.05) is 30.3 Å². The Labute approximate surface area is 133 Å². The molecule has 0 aliphatic carbocycles. The minimum atomic E-state index is 0.0318. The number of thioether (sulfide) groups is 1. The molecule has 2 rings (SSSR count). The molecule has 0 saturated carbocycles. The maximum Gasteiger partial charge on any atom is 0.0668 e. The summed E-state index contributed by atoms with van der Waals surface area (Å²) >= 11 is 13.7. The molecular weight excluding hydrogens is 311 g/mol. The van der Waals surface area contributed by atoms with Crippen LogP contribution in [0.25, 0.3) is 0 Å². The summed E-state index contributed by atoms with van der Waals surface area (Å²) in [5.41, 5.74) is 7.23. The van der Waals surface area contributed by atoms with Gasteiger partial charge in [0.2, 0.25) is 0 Å². The molecule has 2 aromatic rings. The predicted molar refractivity (Wildman–Crippen MR) is 87.6 cm³/mol. The van der Waals surface area contributed by atoms with Gasteiger partial charge in [-0.2, -0.15) is 0 Å². The molecule has 0 bridgehead atoms. The Morgan fingerprint density at radius 3 is 2.60 bits per heavy atom. The first-order chi connectivity index (χ1) is 9.61. The number of hydrogen-bond acceptors (Lipinski definition) is 3. The molecule has 0 radical (unpaired) electrons. The van der Waals surface area contributed by atoms with Crippen LogP contribution < -0.4 is 5.73 Å².